The Balaban J connectivity index is 1.43. The molecule has 0 saturated carbocycles. The molecule has 0 saturated heterocycles. The van der Waals surface area contributed by atoms with Gasteiger partial charge >= 0.3 is 0 Å². The first kappa shape index (κ1) is 24.8. The van der Waals surface area contributed by atoms with Crippen LogP contribution in [0.3, 0.4) is 0 Å². The molecule has 3 N–H and O–H groups in total. The summed E-state index contributed by atoms with van der Waals surface area (Å²) in [5.74, 6) is -0.113. The van der Waals surface area contributed by atoms with Crippen LogP contribution in [-0.4, -0.2) is 39.9 Å². The van der Waals surface area contributed by atoms with Crippen LogP contribution < -0.4 is 10.6 Å². The predicted molar refractivity (Wildman–Crippen MR) is 138 cm³/mol. The molecule has 0 aliphatic heterocycles. The molecule has 1 atom stereocenters. The lowest BCUT2D eigenvalue weighted by Gasteiger charge is -2.19. The van der Waals surface area contributed by atoms with Crippen LogP contribution in [0.25, 0.3) is 0 Å². The van der Waals surface area contributed by atoms with Gasteiger partial charge in [-0.2, -0.15) is 0 Å². The number of nitrogens with one attached hydrogen (secondary N) is 3. The van der Waals surface area contributed by atoms with Crippen molar-refractivity contribution in [3.8, 4) is 0 Å². The van der Waals surface area contributed by atoms with E-state index >= 15 is 0 Å². The first-order valence-electron chi connectivity index (χ1n) is 12.0. The number of hydrogen-bond acceptors (Lipinski definition) is 4. The first-order chi connectivity index (χ1) is 17.7. The van der Waals surface area contributed by atoms with E-state index in [1.54, 1.807) is 43.0 Å². The zero-order valence-electron chi connectivity index (χ0n) is 19.9. The van der Waals surface area contributed by atoms with Crippen LogP contribution in [0.5, 0.6) is 0 Å². The highest BCUT2D eigenvalue weighted by Gasteiger charge is 2.16. The number of imidazole rings is 1. The molecule has 4 aromatic rings. The van der Waals surface area contributed by atoms with E-state index in [0.29, 0.717) is 31.0 Å². The maximum Gasteiger partial charge on any atom is 0.257 e. The van der Waals surface area contributed by atoms with Gasteiger partial charge in [-0.3, -0.25) is 20.1 Å². The van der Waals surface area contributed by atoms with Crippen LogP contribution in [0.1, 0.15) is 46.1 Å². The van der Waals surface area contributed by atoms with E-state index in [0.717, 1.165) is 29.8 Å². The van der Waals surface area contributed by atoms with E-state index in [-0.39, 0.29) is 17.6 Å². The number of pyridine rings is 1. The summed E-state index contributed by atoms with van der Waals surface area (Å²) in [5.41, 5.74) is 3.48. The van der Waals surface area contributed by atoms with Crippen LogP contribution in [-0.2, 0) is 6.42 Å². The molecule has 0 fully saturated rings. The largest absolute Gasteiger partial charge is 0.356 e. The third-order valence-electron chi connectivity index (χ3n) is 5.74. The highest BCUT2D eigenvalue weighted by Crippen LogP contribution is 2.26. The van der Waals surface area contributed by atoms with Gasteiger partial charge in [-0.05, 0) is 61.2 Å². The third-order valence-corrected chi connectivity index (χ3v) is 5.74. The number of carbonyl (C=O) groups excluding carboxylic acids is 1. The third kappa shape index (κ3) is 7.33. The Morgan fingerprint density at radius 2 is 1.83 bits per heavy atom. The molecule has 1 amide bonds. The average Bonchev–Trinajstić information content (AvgIpc) is 3.44. The number of guanidine groups is 1. The van der Waals surface area contributed by atoms with Gasteiger partial charge in [0.15, 0.2) is 5.96 Å². The minimum atomic E-state index is -0.273. The number of rotatable bonds is 10. The fourth-order valence-corrected chi connectivity index (χ4v) is 3.89. The number of aromatic nitrogens is 3. The lowest BCUT2D eigenvalue weighted by molar-refractivity contribution is 0.0975. The number of aromatic amines is 1. The fraction of sp³-hybridized carbons (Fsp3) is 0.214. The second kappa shape index (κ2) is 12.9. The van der Waals surface area contributed by atoms with Gasteiger partial charge in [-0.15, -0.1) is 0 Å². The predicted octanol–water partition coefficient (Wildman–Crippen LogP) is 4.47. The molecule has 1 unspecified atom stereocenters. The normalized spacial score (nSPS) is 12.2. The van der Waals surface area contributed by atoms with Gasteiger partial charge in [-0.25, -0.2) is 9.37 Å². The van der Waals surface area contributed by atoms with E-state index in [1.165, 1.54) is 12.1 Å². The minimum absolute atomic E-state index is 0.0363. The number of aryl methyl sites for hydroxylation is 1. The standard InChI is InChI=1S/C28H29FN6O/c29-23-13-11-21(12-14-23)25(26-10-4-5-16-31-26)15-18-33-28(32-17-6-9-24-19-30-20-34-24)35-27(36)22-7-2-1-3-8-22/h1-5,7-8,10-14,16,19-20,25H,6,9,15,17-18H2,(H,30,34)(H2,32,33,35,36). The Bertz CT molecular complexity index is 1230. The highest BCUT2D eigenvalue weighted by molar-refractivity contribution is 6.05. The van der Waals surface area contributed by atoms with E-state index in [1.807, 2.05) is 36.4 Å². The molecule has 0 aliphatic rings. The second-order valence-electron chi connectivity index (χ2n) is 8.31. The lowest BCUT2D eigenvalue weighted by atomic mass is 9.92. The summed E-state index contributed by atoms with van der Waals surface area (Å²) in [6, 6.07) is 21.3. The van der Waals surface area contributed by atoms with Gasteiger partial charge in [0.05, 0.1) is 6.33 Å². The Labute approximate surface area is 209 Å². The molecule has 8 heteroatoms. The van der Waals surface area contributed by atoms with Crippen molar-refractivity contribution in [3.05, 3.63) is 120 Å². The molecule has 2 aromatic heterocycles. The smallest absolute Gasteiger partial charge is 0.257 e. The number of benzene rings is 2. The highest BCUT2D eigenvalue weighted by atomic mass is 19.1. The van der Waals surface area contributed by atoms with Crippen molar-refractivity contribution in [1.82, 2.24) is 25.6 Å². The zero-order valence-corrected chi connectivity index (χ0v) is 19.9. The quantitative estimate of drug-likeness (QED) is 0.176. The van der Waals surface area contributed by atoms with E-state index in [4.69, 9.17) is 0 Å². The molecule has 2 heterocycles. The van der Waals surface area contributed by atoms with E-state index in [2.05, 4.69) is 30.6 Å². The van der Waals surface area contributed by atoms with Crippen molar-refractivity contribution in [1.29, 1.82) is 0 Å². The van der Waals surface area contributed by atoms with Gasteiger partial charge in [0, 0.05) is 48.4 Å². The summed E-state index contributed by atoms with van der Waals surface area (Å²) in [6.45, 7) is 1.07. The van der Waals surface area contributed by atoms with Gasteiger partial charge in [0.1, 0.15) is 5.82 Å². The van der Waals surface area contributed by atoms with Crippen LogP contribution >= 0.6 is 0 Å². The van der Waals surface area contributed by atoms with Crippen molar-refractivity contribution in [2.24, 2.45) is 4.99 Å². The summed E-state index contributed by atoms with van der Waals surface area (Å²) < 4.78 is 13.5. The maximum absolute atomic E-state index is 13.5. The van der Waals surface area contributed by atoms with Crippen molar-refractivity contribution in [2.45, 2.75) is 25.2 Å². The number of halogens is 1. The number of hydrogen-bond donors (Lipinski definition) is 3. The molecule has 36 heavy (non-hydrogen) atoms. The minimum Gasteiger partial charge on any atom is -0.356 e. The summed E-state index contributed by atoms with van der Waals surface area (Å²) in [7, 11) is 0. The number of carbonyl (C=O) groups is 1. The van der Waals surface area contributed by atoms with Crippen LogP contribution in [0.4, 0.5) is 4.39 Å². The Kier molecular flexibility index (Phi) is 8.91. The lowest BCUT2D eigenvalue weighted by Crippen LogP contribution is -2.42. The molecular formula is C28H29FN6O. The van der Waals surface area contributed by atoms with Gasteiger partial charge in [0.25, 0.3) is 5.91 Å². The van der Waals surface area contributed by atoms with Gasteiger partial charge < -0.3 is 10.3 Å². The van der Waals surface area contributed by atoms with E-state index < -0.39 is 0 Å². The molecule has 0 aliphatic carbocycles. The second-order valence-corrected chi connectivity index (χ2v) is 8.31. The molecule has 2 aromatic carbocycles. The monoisotopic (exact) mass is 484 g/mol. The van der Waals surface area contributed by atoms with Gasteiger partial charge in [0.2, 0.25) is 0 Å². The molecular weight excluding hydrogens is 455 g/mol. The summed E-state index contributed by atoms with van der Waals surface area (Å²) in [5, 5.41) is 6.19. The van der Waals surface area contributed by atoms with Crippen molar-refractivity contribution < 1.29 is 9.18 Å². The molecule has 0 bridgehead atoms. The van der Waals surface area contributed by atoms with Crippen LogP contribution in [0.15, 0.2) is 96.5 Å². The summed E-state index contributed by atoms with van der Waals surface area (Å²) >= 11 is 0. The number of aliphatic imine (C=N–C) groups is 1. The summed E-state index contributed by atoms with van der Waals surface area (Å²) in [6.07, 6.45) is 7.51. The molecule has 4 rings (SSSR count). The maximum atomic E-state index is 13.5. The van der Waals surface area contributed by atoms with Crippen molar-refractivity contribution in [2.75, 3.05) is 13.1 Å². The van der Waals surface area contributed by atoms with Crippen molar-refractivity contribution >= 4 is 11.9 Å². The Hall–Kier alpha value is -4.33. The first-order valence-corrected chi connectivity index (χ1v) is 12.0. The average molecular weight is 485 g/mol. The Morgan fingerprint density at radius 1 is 1.03 bits per heavy atom. The number of H-pyrrole nitrogens is 1. The fourth-order valence-electron chi connectivity index (χ4n) is 3.89. The zero-order chi connectivity index (χ0) is 25.0. The SMILES string of the molecule is O=C(NC(=NCCCc1cnc[nH]1)NCCC(c1ccc(F)cc1)c1ccccn1)c1ccccc1. The number of nitrogens with zero attached hydrogens (tertiary/aromatic N) is 3. The van der Waals surface area contributed by atoms with Crippen molar-refractivity contribution in [3.63, 3.8) is 0 Å². The molecule has 7 nitrogen and oxygen atoms in total. The van der Waals surface area contributed by atoms with Crippen LogP contribution in [0.2, 0.25) is 0 Å². The summed E-state index contributed by atoms with van der Waals surface area (Å²) in [4.78, 5) is 29.0. The van der Waals surface area contributed by atoms with Gasteiger partial charge in [-0.1, -0.05) is 36.4 Å². The Morgan fingerprint density at radius 3 is 2.56 bits per heavy atom. The van der Waals surface area contributed by atoms with E-state index in [9.17, 15) is 9.18 Å². The molecule has 0 spiro atoms. The molecule has 0 radical (unpaired) electrons. The topological polar surface area (TPSA) is 95.1 Å². The van der Waals surface area contributed by atoms with Crippen LogP contribution in [0, 0.1) is 5.82 Å². The number of amides is 1. The molecule has 184 valence electrons.